The second-order valence-electron chi connectivity index (χ2n) is 5.60. The van der Waals surface area contributed by atoms with Gasteiger partial charge in [0.1, 0.15) is 11.4 Å². The van der Waals surface area contributed by atoms with Gasteiger partial charge in [0.05, 0.1) is 6.61 Å². The minimum atomic E-state index is -0.183. The molecule has 0 radical (unpaired) electrons. The molecule has 0 spiro atoms. The highest BCUT2D eigenvalue weighted by Crippen LogP contribution is 2.44. The zero-order valence-corrected chi connectivity index (χ0v) is 13.0. The van der Waals surface area contributed by atoms with Gasteiger partial charge in [0, 0.05) is 29.2 Å². The van der Waals surface area contributed by atoms with Crippen LogP contribution >= 0.6 is 11.8 Å². The topological polar surface area (TPSA) is 55.5 Å². The Morgan fingerprint density at radius 3 is 2.58 bits per heavy atom. The first kappa shape index (κ1) is 14.5. The van der Waals surface area contributed by atoms with Crippen LogP contribution in [0.25, 0.3) is 0 Å². The lowest BCUT2D eigenvalue weighted by Crippen LogP contribution is -2.33. The summed E-state index contributed by atoms with van der Waals surface area (Å²) in [6.07, 6.45) is 0.901. The molecule has 0 fully saturated rings. The van der Waals surface area contributed by atoms with Gasteiger partial charge in [-0.1, -0.05) is 0 Å². The van der Waals surface area contributed by atoms with Crippen LogP contribution in [0.1, 0.15) is 29.2 Å². The van der Waals surface area contributed by atoms with Crippen molar-refractivity contribution in [2.75, 3.05) is 23.8 Å². The van der Waals surface area contributed by atoms with Crippen LogP contribution < -0.4 is 10.5 Å². The van der Waals surface area contributed by atoms with Gasteiger partial charge in [-0.15, -0.1) is 0 Å². The van der Waals surface area contributed by atoms with Crippen molar-refractivity contribution in [1.29, 1.82) is 0 Å². The molecule has 1 heterocycles. The number of thioether (sulfide) groups is 1. The molecular formula is C15H23NO2S. The average molecular weight is 281 g/mol. The number of aliphatic hydroxyl groups is 1. The van der Waals surface area contributed by atoms with Crippen molar-refractivity contribution in [2.45, 2.75) is 39.7 Å². The fourth-order valence-electron chi connectivity index (χ4n) is 2.65. The fourth-order valence-corrected chi connectivity index (χ4v) is 3.52. The number of anilines is 1. The third-order valence-electron chi connectivity index (χ3n) is 3.98. The summed E-state index contributed by atoms with van der Waals surface area (Å²) in [6, 6.07) is 0. The van der Waals surface area contributed by atoms with Crippen molar-refractivity contribution >= 4 is 17.4 Å². The molecule has 0 aliphatic carbocycles. The van der Waals surface area contributed by atoms with Gasteiger partial charge in [0.15, 0.2) is 0 Å². The Hall–Kier alpha value is -0.870. The molecule has 1 aliphatic rings. The molecule has 106 valence electrons. The minimum Gasteiger partial charge on any atom is -0.486 e. The quantitative estimate of drug-likeness (QED) is 0.658. The lowest BCUT2D eigenvalue weighted by atomic mass is 9.93. The van der Waals surface area contributed by atoms with E-state index in [1.54, 1.807) is 11.8 Å². The number of rotatable bonds is 4. The Bertz CT molecular complexity index is 463. The molecule has 1 unspecified atom stereocenters. The first-order valence-electron chi connectivity index (χ1n) is 6.65. The van der Waals surface area contributed by atoms with E-state index in [1.165, 1.54) is 5.56 Å². The second-order valence-corrected chi connectivity index (χ2v) is 6.71. The Balaban J connectivity index is 2.29. The zero-order chi connectivity index (χ0) is 14.2. The van der Waals surface area contributed by atoms with Crippen LogP contribution in [0, 0.1) is 20.8 Å². The summed E-state index contributed by atoms with van der Waals surface area (Å²) in [7, 11) is 0. The summed E-state index contributed by atoms with van der Waals surface area (Å²) in [4.78, 5) is 0. The smallest absolute Gasteiger partial charge is 0.127 e. The van der Waals surface area contributed by atoms with E-state index < -0.39 is 0 Å². The molecule has 0 saturated carbocycles. The molecule has 1 atom stereocenters. The summed E-state index contributed by atoms with van der Waals surface area (Å²) in [5.74, 6) is 2.67. The minimum absolute atomic E-state index is 0.183. The van der Waals surface area contributed by atoms with E-state index in [1.807, 2.05) is 0 Å². The Morgan fingerprint density at radius 2 is 1.95 bits per heavy atom. The molecule has 0 bridgehead atoms. The summed E-state index contributed by atoms with van der Waals surface area (Å²) < 4.78 is 6.23. The third kappa shape index (κ3) is 2.56. The van der Waals surface area contributed by atoms with Crippen LogP contribution in [0.5, 0.6) is 5.75 Å². The van der Waals surface area contributed by atoms with Gasteiger partial charge in [0.25, 0.3) is 0 Å². The largest absolute Gasteiger partial charge is 0.486 e. The van der Waals surface area contributed by atoms with Crippen LogP contribution in [0.15, 0.2) is 0 Å². The number of ether oxygens (including phenoxy) is 1. The van der Waals surface area contributed by atoms with Gasteiger partial charge < -0.3 is 15.6 Å². The highest BCUT2D eigenvalue weighted by molar-refractivity contribution is 7.99. The highest BCUT2D eigenvalue weighted by Gasteiger charge is 2.37. The summed E-state index contributed by atoms with van der Waals surface area (Å²) in [6.45, 7) is 8.57. The molecular weight excluding hydrogens is 258 g/mol. The molecule has 3 nitrogen and oxygen atoms in total. The van der Waals surface area contributed by atoms with Crippen LogP contribution in [-0.4, -0.2) is 28.8 Å². The first-order valence-corrected chi connectivity index (χ1v) is 7.81. The number of hydrogen-bond donors (Lipinski definition) is 2. The predicted octanol–water partition coefficient (Wildman–Crippen LogP) is 2.61. The number of aliphatic hydroxyl groups excluding tert-OH is 1. The fraction of sp³-hybridized carbons (Fsp3) is 0.600. The molecule has 0 amide bonds. The van der Waals surface area contributed by atoms with Crippen molar-refractivity contribution in [3.05, 3.63) is 22.3 Å². The second kappa shape index (κ2) is 5.25. The van der Waals surface area contributed by atoms with Gasteiger partial charge in [0.2, 0.25) is 0 Å². The van der Waals surface area contributed by atoms with Gasteiger partial charge >= 0.3 is 0 Å². The van der Waals surface area contributed by atoms with E-state index in [0.29, 0.717) is 0 Å². The molecule has 3 N–H and O–H groups in total. The van der Waals surface area contributed by atoms with E-state index in [2.05, 4.69) is 27.7 Å². The number of nitrogens with two attached hydrogens (primary N) is 1. The van der Waals surface area contributed by atoms with Gasteiger partial charge in [-0.2, -0.15) is 11.8 Å². The number of nitrogen functional groups attached to an aromatic ring is 1. The molecule has 1 aromatic rings. The number of benzene rings is 1. The molecule has 4 heteroatoms. The third-order valence-corrected chi connectivity index (χ3v) is 5.27. The molecule has 0 saturated heterocycles. The lowest BCUT2D eigenvalue weighted by molar-refractivity contribution is 0.143. The van der Waals surface area contributed by atoms with E-state index in [-0.39, 0.29) is 12.2 Å². The van der Waals surface area contributed by atoms with Crippen molar-refractivity contribution in [2.24, 2.45) is 0 Å². The number of hydrogen-bond acceptors (Lipinski definition) is 4. The molecule has 2 rings (SSSR count). The van der Waals surface area contributed by atoms with Crippen LogP contribution in [0.4, 0.5) is 5.69 Å². The van der Waals surface area contributed by atoms with Crippen molar-refractivity contribution < 1.29 is 9.84 Å². The van der Waals surface area contributed by atoms with Gasteiger partial charge in [-0.25, -0.2) is 0 Å². The first-order chi connectivity index (χ1) is 8.89. The molecule has 1 aromatic carbocycles. The van der Waals surface area contributed by atoms with Crippen LogP contribution in [0.2, 0.25) is 0 Å². The standard InChI is InChI=1S/C15H23NO2S/c1-9-10(2)14-12(11(3)13(9)16)7-15(4,18-14)8-19-6-5-17/h17H,5-8,16H2,1-4H3. The normalized spacial score (nSPS) is 21.3. The summed E-state index contributed by atoms with van der Waals surface area (Å²) in [5, 5.41) is 8.88. The maximum absolute atomic E-state index is 8.88. The molecule has 19 heavy (non-hydrogen) atoms. The average Bonchev–Trinajstić information content (AvgIpc) is 2.73. The van der Waals surface area contributed by atoms with E-state index in [4.69, 9.17) is 15.6 Å². The van der Waals surface area contributed by atoms with Gasteiger partial charge in [-0.3, -0.25) is 0 Å². The van der Waals surface area contributed by atoms with E-state index >= 15 is 0 Å². The Labute approximate surface area is 119 Å². The predicted molar refractivity (Wildman–Crippen MR) is 82.2 cm³/mol. The number of fused-ring (bicyclic) bond motifs is 1. The Morgan fingerprint density at radius 1 is 1.26 bits per heavy atom. The summed E-state index contributed by atoms with van der Waals surface area (Å²) >= 11 is 1.73. The Kier molecular flexibility index (Phi) is 4.02. The maximum Gasteiger partial charge on any atom is 0.127 e. The highest BCUT2D eigenvalue weighted by atomic mass is 32.2. The van der Waals surface area contributed by atoms with Crippen LogP contribution in [0.3, 0.4) is 0 Å². The van der Waals surface area contributed by atoms with Gasteiger partial charge in [-0.05, 0) is 44.4 Å². The monoisotopic (exact) mass is 281 g/mol. The molecule has 0 aromatic heterocycles. The zero-order valence-electron chi connectivity index (χ0n) is 12.2. The van der Waals surface area contributed by atoms with E-state index in [9.17, 15) is 0 Å². The van der Waals surface area contributed by atoms with Crippen molar-refractivity contribution in [3.8, 4) is 5.75 Å². The maximum atomic E-state index is 8.88. The van der Waals surface area contributed by atoms with E-state index in [0.717, 1.165) is 46.1 Å². The SMILES string of the molecule is Cc1c(C)c2c(c(C)c1N)CC(C)(CSCCO)O2. The lowest BCUT2D eigenvalue weighted by Gasteiger charge is -2.23. The van der Waals surface area contributed by atoms with Crippen molar-refractivity contribution in [1.82, 2.24) is 0 Å². The van der Waals surface area contributed by atoms with Crippen LogP contribution in [-0.2, 0) is 6.42 Å². The van der Waals surface area contributed by atoms with Crippen molar-refractivity contribution in [3.63, 3.8) is 0 Å². The molecule has 1 aliphatic heterocycles. The summed E-state index contributed by atoms with van der Waals surface area (Å²) in [5.41, 5.74) is 11.6.